The molecule has 0 aliphatic carbocycles. The van der Waals surface area contributed by atoms with Crippen molar-refractivity contribution in [3.05, 3.63) is 0 Å². The summed E-state index contributed by atoms with van der Waals surface area (Å²) < 4.78 is 39.9. The van der Waals surface area contributed by atoms with Crippen LogP contribution in [0.5, 0.6) is 0 Å². The average Bonchev–Trinajstić information content (AvgIpc) is 3.29. The van der Waals surface area contributed by atoms with E-state index in [0.717, 1.165) is 0 Å². The third-order valence-electron chi connectivity index (χ3n) is 5.81. The Morgan fingerprint density at radius 3 is 2.44 bits per heavy atom. The van der Waals surface area contributed by atoms with Gasteiger partial charge in [-0.3, -0.25) is 9.59 Å². The number of ether oxygens (including phenoxy) is 7. The summed E-state index contributed by atoms with van der Waals surface area (Å²) in [5.41, 5.74) is 0. The molecule has 0 spiro atoms. The molecular weight excluding hydrogens is 360 g/mol. The highest BCUT2D eigenvalue weighted by Gasteiger charge is 2.63. The lowest BCUT2D eigenvalue weighted by Gasteiger charge is -2.44. The number of hydrogen-bond acceptors (Lipinski definition) is 9. The number of carbonyl (C=O) groups is 2. The van der Waals surface area contributed by atoms with Gasteiger partial charge in [0.1, 0.15) is 31.0 Å². The summed E-state index contributed by atoms with van der Waals surface area (Å²) in [7, 11) is 0. The average molecular weight is 386 g/mol. The molecule has 4 aliphatic rings. The molecule has 0 aromatic heterocycles. The molecule has 9 nitrogen and oxygen atoms in total. The summed E-state index contributed by atoms with van der Waals surface area (Å²) in [6.45, 7) is 7.21. The van der Waals surface area contributed by atoms with Crippen LogP contribution in [-0.4, -0.2) is 74.4 Å². The van der Waals surface area contributed by atoms with Gasteiger partial charge in [-0.25, -0.2) is 0 Å². The maximum Gasteiger partial charge on any atom is 0.303 e. The zero-order valence-corrected chi connectivity index (χ0v) is 15.9. The van der Waals surface area contributed by atoms with E-state index in [1.54, 1.807) is 0 Å². The molecule has 0 radical (unpaired) electrons. The largest absolute Gasteiger partial charge is 0.463 e. The van der Waals surface area contributed by atoms with Crippen LogP contribution >= 0.6 is 0 Å². The number of carbonyl (C=O) groups excluding carboxylic acids is 2. The van der Waals surface area contributed by atoms with Gasteiger partial charge in [0.05, 0.1) is 12.7 Å². The van der Waals surface area contributed by atoms with E-state index in [9.17, 15) is 9.59 Å². The van der Waals surface area contributed by atoms with Crippen LogP contribution in [-0.2, 0) is 42.7 Å². The van der Waals surface area contributed by atoms with E-state index >= 15 is 0 Å². The number of fused-ring (bicyclic) bond motifs is 4. The Morgan fingerprint density at radius 1 is 0.963 bits per heavy atom. The molecular formula is C18H26O9. The third-order valence-corrected chi connectivity index (χ3v) is 5.81. The second-order valence-corrected chi connectivity index (χ2v) is 7.68. The summed E-state index contributed by atoms with van der Waals surface area (Å²) >= 11 is 0. The molecule has 4 rings (SSSR count). The molecule has 4 unspecified atom stereocenters. The van der Waals surface area contributed by atoms with E-state index in [4.69, 9.17) is 33.2 Å². The number of esters is 2. The van der Waals surface area contributed by atoms with E-state index in [0.29, 0.717) is 6.61 Å². The van der Waals surface area contributed by atoms with Gasteiger partial charge in [-0.05, 0) is 5.92 Å². The van der Waals surface area contributed by atoms with Gasteiger partial charge in [-0.2, -0.15) is 0 Å². The van der Waals surface area contributed by atoms with E-state index < -0.39 is 18.4 Å². The summed E-state index contributed by atoms with van der Waals surface area (Å²) in [6, 6.07) is 0. The van der Waals surface area contributed by atoms with Crippen molar-refractivity contribution in [1.29, 1.82) is 0 Å². The van der Waals surface area contributed by atoms with Gasteiger partial charge >= 0.3 is 11.9 Å². The lowest BCUT2D eigenvalue weighted by molar-refractivity contribution is -0.302. The highest BCUT2D eigenvalue weighted by Crippen LogP contribution is 2.44. The van der Waals surface area contributed by atoms with Crippen molar-refractivity contribution in [3.8, 4) is 0 Å². The Hall–Kier alpha value is -1.26. The van der Waals surface area contributed by atoms with Crippen LogP contribution in [0, 0.1) is 11.8 Å². The monoisotopic (exact) mass is 386 g/mol. The molecule has 27 heavy (non-hydrogen) atoms. The molecule has 0 aromatic carbocycles. The van der Waals surface area contributed by atoms with E-state index in [2.05, 4.69) is 0 Å². The topological polar surface area (TPSA) is 102 Å². The van der Waals surface area contributed by atoms with Gasteiger partial charge in [0.25, 0.3) is 0 Å². The van der Waals surface area contributed by atoms with E-state index in [-0.39, 0.29) is 61.2 Å². The van der Waals surface area contributed by atoms with Crippen molar-refractivity contribution in [1.82, 2.24) is 0 Å². The first kappa shape index (κ1) is 19.1. The molecule has 2 bridgehead atoms. The van der Waals surface area contributed by atoms with Crippen molar-refractivity contribution >= 4 is 11.9 Å². The van der Waals surface area contributed by atoms with Crippen molar-refractivity contribution in [2.24, 2.45) is 11.8 Å². The van der Waals surface area contributed by atoms with Crippen molar-refractivity contribution in [2.45, 2.75) is 76.9 Å². The van der Waals surface area contributed by atoms with E-state index in [1.807, 2.05) is 13.8 Å². The molecule has 4 heterocycles. The van der Waals surface area contributed by atoms with Crippen molar-refractivity contribution < 1.29 is 42.7 Å². The van der Waals surface area contributed by atoms with Gasteiger partial charge in [0.2, 0.25) is 0 Å². The summed E-state index contributed by atoms with van der Waals surface area (Å²) in [4.78, 5) is 22.8. The van der Waals surface area contributed by atoms with Crippen LogP contribution in [0.4, 0.5) is 0 Å². The lowest BCUT2D eigenvalue weighted by Crippen LogP contribution is -2.56. The first-order valence-corrected chi connectivity index (χ1v) is 9.39. The van der Waals surface area contributed by atoms with Gasteiger partial charge < -0.3 is 33.2 Å². The van der Waals surface area contributed by atoms with Crippen LogP contribution in [0.15, 0.2) is 0 Å². The fourth-order valence-corrected chi connectivity index (χ4v) is 4.05. The molecule has 0 aromatic rings. The Morgan fingerprint density at radius 2 is 1.74 bits per heavy atom. The molecule has 0 amide bonds. The molecule has 0 N–H and O–H groups in total. The molecule has 152 valence electrons. The predicted octanol–water partition coefficient (Wildman–Crippen LogP) is 0.386. The summed E-state index contributed by atoms with van der Waals surface area (Å²) in [5.74, 6) is -0.831. The minimum absolute atomic E-state index is 0.000253. The number of hydrogen-bond donors (Lipinski definition) is 0. The maximum absolute atomic E-state index is 11.6. The highest BCUT2D eigenvalue weighted by molar-refractivity contribution is 5.66. The lowest BCUT2D eigenvalue weighted by atomic mass is 9.83. The Balaban J connectivity index is 1.49. The SMILES string of the molecule is CC(=O)OCC1O[C@@H](O[C@@H]2C3CO[C@H](O3)C3O[C@H]32)C(OC(C)=O)[C@@H](C)[C@@H]1C. The first-order valence-electron chi connectivity index (χ1n) is 9.39. The minimum Gasteiger partial charge on any atom is -0.463 e. The Labute approximate surface area is 157 Å². The molecule has 4 fully saturated rings. The van der Waals surface area contributed by atoms with Crippen molar-refractivity contribution in [3.63, 3.8) is 0 Å². The first-order chi connectivity index (χ1) is 12.8. The zero-order chi connectivity index (χ0) is 19.3. The molecule has 10 atom stereocenters. The second-order valence-electron chi connectivity index (χ2n) is 7.68. The fraction of sp³-hybridized carbons (Fsp3) is 0.889. The van der Waals surface area contributed by atoms with E-state index in [1.165, 1.54) is 13.8 Å². The zero-order valence-electron chi connectivity index (χ0n) is 15.9. The van der Waals surface area contributed by atoms with Gasteiger partial charge in [0, 0.05) is 19.8 Å². The summed E-state index contributed by atoms with van der Waals surface area (Å²) in [5, 5.41) is 0. The highest BCUT2D eigenvalue weighted by atomic mass is 16.8. The molecule has 4 saturated heterocycles. The molecule has 9 heteroatoms. The normalized spacial score (nSPS) is 47.9. The predicted molar refractivity (Wildman–Crippen MR) is 87.3 cm³/mol. The third kappa shape index (κ3) is 3.71. The van der Waals surface area contributed by atoms with Crippen LogP contribution in [0.1, 0.15) is 27.7 Å². The van der Waals surface area contributed by atoms with Crippen LogP contribution in [0.25, 0.3) is 0 Å². The van der Waals surface area contributed by atoms with Crippen molar-refractivity contribution in [2.75, 3.05) is 13.2 Å². The van der Waals surface area contributed by atoms with Crippen LogP contribution < -0.4 is 0 Å². The standard InChI is InChI=1S/C18H26O9/c1-7-8(2)13(23-10(4)20)18(24-11(7)5-21-9(3)19)27-14-12-6-22-17(25-12)16-15(14)26-16/h7-8,11-18H,5-6H2,1-4H3/t7-,8-,11?,12?,13?,14+,15-,16?,17+,18-/m0/s1. The summed E-state index contributed by atoms with van der Waals surface area (Å²) in [6.07, 6.45) is -2.94. The van der Waals surface area contributed by atoms with Crippen LogP contribution in [0.3, 0.4) is 0 Å². The Bertz CT molecular complexity index is 593. The van der Waals surface area contributed by atoms with Gasteiger partial charge in [0.15, 0.2) is 18.7 Å². The number of epoxide rings is 1. The molecule has 0 saturated carbocycles. The smallest absolute Gasteiger partial charge is 0.303 e. The van der Waals surface area contributed by atoms with Gasteiger partial charge in [-0.15, -0.1) is 0 Å². The number of rotatable bonds is 5. The quantitative estimate of drug-likeness (QED) is 0.490. The molecule has 4 aliphatic heterocycles. The Kier molecular flexibility index (Phi) is 5.15. The van der Waals surface area contributed by atoms with Crippen LogP contribution in [0.2, 0.25) is 0 Å². The van der Waals surface area contributed by atoms with Gasteiger partial charge in [-0.1, -0.05) is 13.8 Å². The fourth-order valence-electron chi connectivity index (χ4n) is 4.05. The second kappa shape index (κ2) is 7.29. The minimum atomic E-state index is -0.809. The maximum atomic E-state index is 11.6.